The third-order valence-electron chi connectivity index (χ3n) is 2.71. The third kappa shape index (κ3) is 7.70. The maximum atomic E-state index is 11.5. The Morgan fingerprint density at radius 2 is 1.39 bits per heavy atom. The van der Waals surface area contributed by atoms with Gasteiger partial charge in [0.15, 0.2) is 0 Å². The second-order valence-electron chi connectivity index (χ2n) is 4.52. The van der Waals surface area contributed by atoms with Crippen LogP contribution in [0.15, 0.2) is 24.3 Å². The average Bonchev–Trinajstić information content (AvgIpc) is 2.55. The van der Waals surface area contributed by atoms with E-state index < -0.39 is 11.8 Å². The summed E-state index contributed by atoms with van der Waals surface area (Å²) >= 11 is 0. The van der Waals surface area contributed by atoms with Crippen LogP contribution in [0.1, 0.15) is 6.92 Å². The van der Waals surface area contributed by atoms with Gasteiger partial charge in [0, 0.05) is 20.0 Å². The van der Waals surface area contributed by atoms with E-state index in [0.717, 1.165) is 5.75 Å². The van der Waals surface area contributed by atoms with Crippen molar-refractivity contribution in [3.8, 4) is 11.5 Å². The lowest BCUT2D eigenvalue weighted by Gasteiger charge is -2.09. The normalized spacial score (nSPS) is 9.65. The number of carbonyl (C=O) groups excluding carboxylic acids is 3. The molecule has 0 aliphatic rings. The number of amides is 3. The molecule has 0 aliphatic heterocycles. The molecule has 1 aromatic carbocycles. The minimum absolute atomic E-state index is 0.189. The summed E-state index contributed by atoms with van der Waals surface area (Å²) in [5, 5.41) is 7.33. The molecule has 0 heterocycles. The van der Waals surface area contributed by atoms with Crippen molar-refractivity contribution in [3.05, 3.63) is 24.3 Å². The standard InChI is InChI=1S/C15H21N3O5/c1-11(19)16-7-8-17-14(20)15(21)18-9-10-23-13-5-3-12(22-2)4-6-13/h3-6H,7-10H2,1-2H3,(H,16,19)(H,17,20)(H,18,21). The summed E-state index contributed by atoms with van der Waals surface area (Å²) < 4.78 is 10.4. The van der Waals surface area contributed by atoms with Gasteiger partial charge in [0.2, 0.25) is 5.91 Å². The van der Waals surface area contributed by atoms with Gasteiger partial charge in [-0.1, -0.05) is 0 Å². The molecule has 8 heteroatoms. The number of rotatable bonds is 8. The predicted octanol–water partition coefficient (Wildman–Crippen LogP) is -0.557. The van der Waals surface area contributed by atoms with Crippen molar-refractivity contribution in [2.75, 3.05) is 33.4 Å². The Morgan fingerprint density at radius 3 is 1.96 bits per heavy atom. The fourth-order valence-corrected chi connectivity index (χ4v) is 1.58. The summed E-state index contributed by atoms with van der Waals surface area (Å²) in [6, 6.07) is 7.01. The first-order valence-corrected chi connectivity index (χ1v) is 7.10. The SMILES string of the molecule is COc1ccc(OCCNC(=O)C(=O)NCCNC(C)=O)cc1. The van der Waals surface area contributed by atoms with E-state index in [1.54, 1.807) is 31.4 Å². The summed E-state index contributed by atoms with van der Waals surface area (Å²) in [4.78, 5) is 33.5. The first-order chi connectivity index (χ1) is 11.0. The lowest BCUT2D eigenvalue weighted by Crippen LogP contribution is -2.43. The van der Waals surface area contributed by atoms with Gasteiger partial charge in [-0.3, -0.25) is 14.4 Å². The zero-order valence-electron chi connectivity index (χ0n) is 13.2. The number of carbonyl (C=O) groups is 3. The Bertz CT molecular complexity index is 530. The van der Waals surface area contributed by atoms with Crippen molar-refractivity contribution in [1.82, 2.24) is 16.0 Å². The summed E-state index contributed by atoms with van der Waals surface area (Å²) in [5.41, 5.74) is 0. The predicted molar refractivity (Wildman–Crippen MR) is 83.2 cm³/mol. The van der Waals surface area contributed by atoms with E-state index in [2.05, 4.69) is 16.0 Å². The van der Waals surface area contributed by atoms with Crippen LogP contribution >= 0.6 is 0 Å². The van der Waals surface area contributed by atoms with Crippen LogP contribution in [0.2, 0.25) is 0 Å². The lowest BCUT2D eigenvalue weighted by atomic mass is 10.3. The molecule has 0 bridgehead atoms. The highest BCUT2D eigenvalue weighted by Gasteiger charge is 2.11. The van der Waals surface area contributed by atoms with E-state index >= 15 is 0 Å². The van der Waals surface area contributed by atoms with E-state index in [1.165, 1.54) is 6.92 Å². The monoisotopic (exact) mass is 323 g/mol. The van der Waals surface area contributed by atoms with Crippen molar-refractivity contribution in [1.29, 1.82) is 0 Å². The van der Waals surface area contributed by atoms with Gasteiger partial charge in [0.05, 0.1) is 13.7 Å². The van der Waals surface area contributed by atoms with Crippen LogP contribution in [0.3, 0.4) is 0 Å². The molecule has 0 saturated carbocycles. The summed E-state index contributed by atoms with van der Waals surface area (Å²) in [5.74, 6) is -0.327. The molecule has 3 N–H and O–H groups in total. The number of hydrogen-bond acceptors (Lipinski definition) is 5. The van der Waals surface area contributed by atoms with E-state index in [0.29, 0.717) is 5.75 Å². The number of ether oxygens (including phenoxy) is 2. The molecular weight excluding hydrogens is 302 g/mol. The van der Waals surface area contributed by atoms with Crippen molar-refractivity contribution in [2.24, 2.45) is 0 Å². The average molecular weight is 323 g/mol. The molecule has 1 aromatic rings. The minimum atomic E-state index is -0.750. The Morgan fingerprint density at radius 1 is 0.870 bits per heavy atom. The maximum Gasteiger partial charge on any atom is 0.309 e. The number of methoxy groups -OCH3 is 1. The van der Waals surface area contributed by atoms with Crippen molar-refractivity contribution < 1.29 is 23.9 Å². The first-order valence-electron chi connectivity index (χ1n) is 7.10. The summed E-state index contributed by atoms with van der Waals surface area (Å²) in [6.45, 7) is 2.27. The fraction of sp³-hybridized carbons (Fsp3) is 0.400. The number of nitrogens with one attached hydrogen (secondary N) is 3. The Balaban J connectivity index is 2.15. The smallest absolute Gasteiger partial charge is 0.309 e. The van der Waals surface area contributed by atoms with Crippen molar-refractivity contribution >= 4 is 17.7 Å². The zero-order valence-corrected chi connectivity index (χ0v) is 13.2. The molecule has 1 rings (SSSR count). The van der Waals surface area contributed by atoms with Gasteiger partial charge in [0.1, 0.15) is 18.1 Å². The van der Waals surface area contributed by atoms with Crippen LogP contribution in [0.4, 0.5) is 0 Å². The van der Waals surface area contributed by atoms with Crippen molar-refractivity contribution in [2.45, 2.75) is 6.92 Å². The van der Waals surface area contributed by atoms with Gasteiger partial charge < -0.3 is 25.4 Å². The van der Waals surface area contributed by atoms with E-state index in [4.69, 9.17) is 9.47 Å². The van der Waals surface area contributed by atoms with Gasteiger partial charge in [-0.05, 0) is 24.3 Å². The molecule has 126 valence electrons. The highest BCUT2D eigenvalue weighted by atomic mass is 16.5. The second kappa shape index (κ2) is 10.0. The van der Waals surface area contributed by atoms with Crippen LogP contribution in [0.5, 0.6) is 11.5 Å². The molecule has 0 aliphatic carbocycles. The maximum absolute atomic E-state index is 11.5. The lowest BCUT2D eigenvalue weighted by molar-refractivity contribution is -0.139. The molecule has 3 amide bonds. The van der Waals surface area contributed by atoms with Crippen molar-refractivity contribution in [3.63, 3.8) is 0 Å². The van der Waals surface area contributed by atoms with E-state index in [1.807, 2.05) is 0 Å². The molecule has 8 nitrogen and oxygen atoms in total. The van der Waals surface area contributed by atoms with Crippen LogP contribution in [0, 0.1) is 0 Å². The molecule has 0 aromatic heterocycles. The summed E-state index contributed by atoms with van der Waals surface area (Å²) in [7, 11) is 1.58. The molecule has 23 heavy (non-hydrogen) atoms. The fourth-order valence-electron chi connectivity index (χ4n) is 1.58. The number of hydrogen-bond donors (Lipinski definition) is 3. The molecular formula is C15H21N3O5. The summed E-state index contributed by atoms with van der Waals surface area (Å²) in [6.07, 6.45) is 0. The molecule has 0 spiro atoms. The van der Waals surface area contributed by atoms with Gasteiger partial charge >= 0.3 is 11.8 Å². The van der Waals surface area contributed by atoms with Gasteiger partial charge in [-0.15, -0.1) is 0 Å². The highest BCUT2D eigenvalue weighted by Crippen LogP contribution is 2.16. The zero-order chi connectivity index (χ0) is 17.1. The molecule has 0 saturated heterocycles. The van der Waals surface area contributed by atoms with E-state index in [9.17, 15) is 14.4 Å². The van der Waals surface area contributed by atoms with Gasteiger partial charge in [-0.25, -0.2) is 0 Å². The van der Waals surface area contributed by atoms with E-state index in [-0.39, 0.29) is 32.1 Å². The Hall–Kier alpha value is -2.77. The molecule has 0 radical (unpaired) electrons. The van der Waals surface area contributed by atoms with Gasteiger partial charge in [-0.2, -0.15) is 0 Å². The minimum Gasteiger partial charge on any atom is -0.497 e. The third-order valence-corrected chi connectivity index (χ3v) is 2.71. The van der Waals surface area contributed by atoms with Crippen LogP contribution < -0.4 is 25.4 Å². The molecule has 0 unspecified atom stereocenters. The second-order valence-corrected chi connectivity index (χ2v) is 4.52. The number of benzene rings is 1. The highest BCUT2D eigenvalue weighted by molar-refractivity contribution is 6.35. The van der Waals surface area contributed by atoms with Crippen LogP contribution in [-0.4, -0.2) is 51.1 Å². The topological polar surface area (TPSA) is 106 Å². The largest absolute Gasteiger partial charge is 0.497 e. The quantitative estimate of drug-likeness (QED) is 0.439. The van der Waals surface area contributed by atoms with Crippen LogP contribution in [0.25, 0.3) is 0 Å². The molecule has 0 fully saturated rings. The first kappa shape index (κ1) is 18.3. The molecule has 0 atom stereocenters. The van der Waals surface area contributed by atoms with Crippen LogP contribution in [-0.2, 0) is 14.4 Å². The van der Waals surface area contributed by atoms with Gasteiger partial charge in [0.25, 0.3) is 0 Å². The Labute approximate surface area is 134 Å². The Kier molecular flexibility index (Phi) is 7.98.